The standard InChI is InChI=1S/C19H27N3O7/c1-5-27-17(24)15-12(3)16(20-13(15)4)18(25)29-11-14(23)21-7-9-22(10-8-21)19(26)28-6-2/h20H,5-11H2,1-4H3. The molecule has 1 saturated heterocycles. The van der Waals surface area contributed by atoms with Gasteiger partial charge in [-0.2, -0.15) is 0 Å². The lowest BCUT2D eigenvalue weighted by atomic mass is 10.1. The molecular formula is C19H27N3O7. The fourth-order valence-electron chi connectivity index (χ4n) is 3.11. The van der Waals surface area contributed by atoms with Crippen LogP contribution in [0.1, 0.15) is 46.0 Å². The van der Waals surface area contributed by atoms with Gasteiger partial charge in [0.15, 0.2) is 6.61 Å². The third-order valence-corrected chi connectivity index (χ3v) is 4.61. The smallest absolute Gasteiger partial charge is 0.409 e. The van der Waals surface area contributed by atoms with Crippen LogP contribution in [0, 0.1) is 13.8 Å². The summed E-state index contributed by atoms with van der Waals surface area (Å²) in [5.74, 6) is -1.60. The van der Waals surface area contributed by atoms with Crippen molar-refractivity contribution < 1.29 is 33.4 Å². The van der Waals surface area contributed by atoms with Gasteiger partial charge in [0.1, 0.15) is 5.69 Å². The highest BCUT2D eigenvalue weighted by Crippen LogP contribution is 2.20. The third kappa shape index (κ3) is 5.27. The third-order valence-electron chi connectivity index (χ3n) is 4.61. The molecule has 0 unspecified atom stereocenters. The molecule has 0 atom stereocenters. The topological polar surface area (TPSA) is 118 Å². The van der Waals surface area contributed by atoms with Gasteiger partial charge in [0.2, 0.25) is 0 Å². The molecule has 0 radical (unpaired) electrons. The highest BCUT2D eigenvalue weighted by Gasteiger charge is 2.27. The van der Waals surface area contributed by atoms with E-state index in [0.29, 0.717) is 49.6 Å². The summed E-state index contributed by atoms with van der Waals surface area (Å²) >= 11 is 0. The van der Waals surface area contributed by atoms with Crippen molar-refractivity contribution in [1.29, 1.82) is 0 Å². The molecule has 10 heteroatoms. The predicted molar refractivity (Wildman–Crippen MR) is 102 cm³/mol. The van der Waals surface area contributed by atoms with Crippen LogP contribution in [-0.4, -0.2) is 84.7 Å². The number of carbonyl (C=O) groups is 4. The fraction of sp³-hybridized carbons (Fsp3) is 0.579. The largest absolute Gasteiger partial charge is 0.462 e. The number of hydrogen-bond acceptors (Lipinski definition) is 7. The molecule has 1 aliphatic rings. The highest BCUT2D eigenvalue weighted by atomic mass is 16.6. The highest BCUT2D eigenvalue weighted by molar-refractivity contribution is 5.99. The number of amides is 2. The van der Waals surface area contributed by atoms with Crippen LogP contribution in [0.25, 0.3) is 0 Å². The molecule has 2 heterocycles. The number of carbonyl (C=O) groups excluding carboxylic acids is 4. The number of nitrogens with one attached hydrogen (secondary N) is 1. The van der Waals surface area contributed by atoms with Crippen LogP contribution in [0.4, 0.5) is 4.79 Å². The maximum Gasteiger partial charge on any atom is 0.409 e. The molecular weight excluding hydrogens is 382 g/mol. The Morgan fingerprint density at radius 2 is 1.45 bits per heavy atom. The van der Waals surface area contributed by atoms with Gasteiger partial charge in [-0.05, 0) is 33.3 Å². The quantitative estimate of drug-likeness (QED) is 0.555. The molecule has 0 aromatic carbocycles. The minimum atomic E-state index is -0.723. The molecule has 1 aromatic rings. The van der Waals surface area contributed by atoms with Crippen molar-refractivity contribution in [3.05, 3.63) is 22.5 Å². The summed E-state index contributed by atoms with van der Waals surface area (Å²) < 4.78 is 15.1. The van der Waals surface area contributed by atoms with Gasteiger partial charge >= 0.3 is 18.0 Å². The second-order valence-corrected chi connectivity index (χ2v) is 6.49. The number of aryl methyl sites for hydroxylation is 1. The van der Waals surface area contributed by atoms with Gasteiger partial charge in [0.05, 0.1) is 18.8 Å². The number of piperazine rings is 1. The molecule has 2 amide bonds. The molecule has 1 fully saturated rings. The average molecular weight is 409 g/mol. The number of aromatic nitrogens is 1. The summed E-state index contributed by atoms with van der Waals surface area (Å²) in [6.07, 6.45) is -0.402. The van der Waals surface area contributed by atoms with Crippen molar-refractivity contribution in [3.63, 3.8) is 0 Å². The van der Waals surface area contributed by atoms with Crippen LogP contribution >= 0.6 is 0 Å². The summed E-state index contributed by atoms with van der Waals surface area (Å²) in [7, 11) is 0. The first-order valence-electron chi connectivity index (χ1n) is 9.52. The molecule has 0 saturated carbocycles. The molecule has 160 valence electrons. The number of aromatic amines is 1. The van der Waals surface area contributed by atoms with Crippen molar-refractivity contribution in [1.82, 2.24) is 14.8 Å². The molecule has 1 aliphatic heterocycles. The van der Waals surface area contributed by atoms with Crippen molar-refractivity contribution in [2.45, 2.75) is 27.7 Å². The average Bonchev–Trinajstić information content (AvgIpc) is 3.00. The molecule has 1 aromatic heterocycles. The number of rotatable bonds is 6. The minimum Gasteiger partial charge on any atom is -0.462 e. The van der Waals surface area contributed by atoms with Crippen molar-refractivity contribution in [3.8, 4) is 0 Å². The lowest BCUT2D eigenvalue weighted by molar-refractivity contribution is -0.136. The van der Waals surface area contributed by atoms with E-state index in [0.717, 1.165) is 0 Å². The Balaban J connectivity index is 1.90. The zero-order valence-electron chi connectivity index (χ0n) is 17.2. The Morgan fingerprint density at radius 3 is 2.03 bits per heavy atom. The molecule has 1 N–H and O–H groups in total. The number of esters is 2. The molecule has 0 spiro atoms. The van der Waals surface area contributed by atoms with E-state index < -0.39 is 24.6 Å². The van der Waals surface area contributed by atoms with E-state index in [1.54, 1.807) is 27.7 Å². The number of nitrogens with zero attached hydrogens (tertiary/aromatic N) is 2. The van der Waals surface area contributed by atoms with E-state index in [-0.39, 0.29) is 18.2 Å². The van der Waals surface area contributed by atoms with Crippen molar-refractivity contribution in [2.24, 2.45) is 0 Å². The number of H-pyrrole nitrogens is 1. The number of hydrogen-bond donors (Lipinski definition) is 1. The maximum absolute atomic E-state index is 12.4. The van der Waals surface area contributed by atoms with Gasteiger partial charge in [-0.25, -0.2) is 14.4 Å². The first kappa shape index (κ1) is 22.3. The summed E-state index contributed by atoms with van der Waals surface area (Å²) in [4.78, 5) is 54.3. The normalized spacial score (nSPS) is 13.8. The van der Waals surface area contributed by atoms with Gasteiger partial charge in [0, 0.05) is 31.9 Å². The number of ether oxygens (including phenoxy) is 3. The fourth-order valence-corrected chi connectivity index (χ4v) is 3.11. The summed E-state index contributed by atoms with van der Waals surface area (Å²) in [6.45, 7) is 8.18. The Morgan fingerprint density at radius 1 is 0.862 bits per heavy atom. The van der Waals surface area contributed by atoms with Gasteiger partial charge in [-0.3, -0.25) is 4.79 Å². The first-order valence-corrected chi connectivity index (χ1v) is 9.52. The van der Waals surface area contributed by atoms with E-state index in [1.165, 1.54) is 9.80 Å². The van der Waals surface area contributed by atoms with E-state index >= 15 is 0 Å². The van der Waals surface area contributed by atoms with Gasteiger partial charge in [-0.1, -0.05) is 0 Å². The van der Waals surface area contributed by atoms with E-state index in [2.05, 4.69) is 4.98 Å². The summed E-state index contributed by atoms with van der Waals surface area (Å²) in [5.41, 5.74) is 1.32. The monoisotopic (exact) mass is 409 g/mol. The molecule has 0 bridgehead atoms. The Hall–Kier alpha value is -3.04. The van der Waals surface area contributed by atoms with E-state index in [4.69, 9.17) is 14.2 Å². The summed E-state index contributed by atoms with van der Waals surface area (Å²) in [5, 5.41) is 0. The van der Waals surface area contributed by atoms with Gasteiger partial charge in [0.25, 0.3) is 5.91 Å². The zero-order chi connectivity index (χ0) is 21.6. The van der Waals surface area contributed by atoms with Crippen LogP contribution < -0.4 is 0 Å². The van der Waals surface area contributed by atoms with Crippen molar-refractivity contribution in [2.75, 3.05) is 46.0 Å². The second-order valence-electron chi connectivity index (χ2n) is 6.49. The SMILES string of the molecule is CCOC(=O)c1c(C)[nH]c(C(=O)OCC(=O)N2CCN(C(=O)OCC)CC2)c1C. The predicted octanol–water partition coefficient (Wildman–Crippen LogP) is 1.27. The van der Waals surface area contributed by atoms with Gasteiger partial charge < -0.3 is 29.0 Å². The Labute approximate surface area is 169 Å². The molecule has 10 nitrogen and oxygen atoms in total. The first-order chi connectivity index (χ1) is 13.8. The van der Waals surface area contributed by atoms with Gasteiger partial charge in [-0.15, -0.1) is 0 Å². The van der Waals surface area contributed by atoms with Crippen LogP contribution in [0.5, 0.6) is 0 Å². The molecule has 0 aliphatic carbocycles. The molecule has 2 rings (SSSR count). The lowest BCUT2D eigenvalue weighted by Gasteiger charge is -2.33. The zero-order valence-corrected chi connectivity index (χ0v) is 17.2. The molecule has 29 heavy (non-hydrogen) atoms. The van der Waals surface area contributed by atoms with Crippen LogP contribution in [0.15, 0.2) is 0 Å². The summed E-state index contributed by atoms with van der Waals surface area (Å²) in [6, 6.07) is 0. The maximum atomic E-state index is 12.4. The van der Waals surface area contributed by atoms with Crippen LogP contribution in [0.2, 0.25) is 0 Å². The lowest BCUT2D eigenvalue weighted by Crippen LogP contribution is -2.51. The Kier molecular flexibility index (Phi) is 7.63. The van der Waals surface area contributed by atoms with Crippen LogP contribution in [-0.2, 0) is 19.0 Å². The Bertz CT molecular complexity index is 779. The van der Waals surface area contributed by atoms with E-state index in [1.807, 2.05) is 0 Å². The second kappa shape index (κ2) is 9.94. The van der Waals surface area contributed by atoms with Crippen LogP contribution in [0.3, 0.4) is 0 Å². The minimum absolute atomic E-state index is 0.116. The van der Waals surface area contributed by atoms with Crippen molar-refractivity contribution >= 4 is 23.9 Å². The van der Waals surface area contributed by atoms with E-state index in [9.17, 15) is 19.2 Å².